The SMILES string of the molecule is O=C(COC(=O)CCN1C(=O)[C@@H]2CC=CC[C@H]2C1=O)Nc1c(Cl)cc(Cl)cc1Cl. The molecule has 0 aromatic heterocycles. The molecule has 1 heterocycles. The summed E-state index contributed by atoms with van der Waals surface area (Å²) in [5.74, 6) is -2.56. The summed E-state index contributed by atoms with van der Waals surface area (Å²) in [7, 11) is 0. The van der Waals surface area contributed by atoms with Crippen LogP contribution in [0.4, 0.5) is 5.69 Å². The number of hydrogen-bond donors (Lipinski definition) is 1. The van der Waals surface area contributed by atoms with Gasteiger partial charge in [0.05, 0.1) is 34.0 Å². The first-order valence-electron chi connectivity index (χ1n) is 8.88. The maximum Gasteiger partial charge on any atom is 0.308 e. The van der Waals surface area contributed by atoms with Crippen LogP contribution in [-0.4, -0.2) is 41.7 Å². The fraction of sp³-hybridized carbons (Fsp3) is 0.368. The first-order valence-corrected chi connectivity index (χ1v) is 10.0. The Labute approximate surface area is 181 Å². The molecule has 2 aliphatic rings. The second-order valence-corrected chi connectivity index (χ2v) is 7.94. The summed E-state index contributed by atoms with van der Waals surface area (Å²) in [6.07, 6.45) is 4.66. The Kier molecular flexibility index (Phi) is 6.82. The monoisotopic (exact) mass is 458 g/mol. The molecule has 0 spiro atoms. The third-order valence-electron chi connectivity index (χ3n) is 4.77. The summed E-state index contributed by atoms with van der Waals surface area (Å²) in [5.41, 5.74) is 0.156. The van der Waals surface area contributed by atoms with Crippen LogP contribution in [0.2, 0.25) is 15.1 Å². The third-order valence-corrected chi connectivity index (χ3v) is 5.59. The standard InChI is InChI=1S/C19H17Cl3N2O5/c20-10-7-13(21)17(14(22)8-10)23-15(25)9-29-16(26)5-6-24-18(27)11-3-1-2-4-12(11)19(24)28/h1-2,7-8,11-12H,3-6,9H2,(H,23,25)/t11-,12-/m1/s1. The molecule has 1 aliphatic carbocycles. The van der Waals surface area contributed by atoms with E-state index in [0.29, 0.717) is 17.9 Å². The Bertz CT molecular complexity index is 853. The normalized spacial score (nSPS) is 20.6. The summed E-state index contributed by atoms with van der Waals surface area (Å²) < 4.78 is 4.90. The topological polar surface area (TPSA) is 92.8 Å². The van der Waals surface area contributed by atoms with E-state index in [1.165, 1.54) is 12.1 Å². The van der Waals surface area contributed by atoms with Crippen LogP contribution < -0.4 is 5.32 Å². The number of likely N-dealkylation sites (tertiary alicyclic amines) is 1. The molecule has 154 valence electrons. The fourth-order valence-electron chi connectivity index (χ4n) is 3.35. The zero-order valence-electron chi connectivity index (χ0n) is 15.1. The van der Waals surface area contributed by atoms with Crippen LogP contribution >= 0.6 is 34.8 Å². The number of nitrogens with zero attached hydrogens (tertiary/aromatic N) is 1. The van der Waals surface area contributed by atoms with Gasteiger partial charge in [-0.15, -0.1) is 0 Å². The van der Waals surface area contributed by atoms with Gasteiger partial charge in [-0.25, -0.2) is 0 Å². The number of ether oxygens (including phenoxy) is 1. The highest BCUT2D eigenvalue weighted by molar-refractivity contribution is 6.42. The number of carbonyl (C=O) groups is 4. The number of anilines is 1. The van der Waals surface area contributed by atoms with E-state index in [0.717, 1.165) is 4.90 Å². The molecular weight excluding hydrogens is 443 g/mol. The molecule has 0 radical (unpaired) electrons. The fourth-order valence-corrected chi connectivity index (χ4v) is 4.26. The summed E-state index contributed by atoms with van der Waals surface area (Å²) in [5, 5.41) is 3.04. The van der Waals surface area contributed by atoms with E-state index >= 15 is 0 Å². The van der Waals surface area contributed by atoms with E-state index in [-0.39, 0.29) is 52.3 Å². The van der Waals surface area contributed by atoms with Gasteiger partial charge < -0.3 is 10.1 Å². The smallest absolute Gasteiger partial charge is 0.308 e. The number of imide groups is 1. The number of rotatable bonds is 6. The number of amides is 3. The van der Waals surface area contributed by atoms with E-state index in [9.17, 15) is 19.2 Å². The van der Waals surface area contributed by atoms with Crippen molar-refractivity contribution in [1.82, 2.24) is 4.90 Å². The van der Waals surface area contributed by atoms with E-state index in [2.05, 4.69) is 5.32 Å². The quantitative estimate of drug-likeness (QED) is 0.399. The highest BCUT2D eigenvalue weighted by Gasteiger charge is 2.46. The molecule has 7 nitrogen and oxygen atoms in total. The highest BCUT2D eigenvalue weighted by Crippen LogP contribution is 2.35. The minimum Gasteiger partial charge on any atom is -0.456 e. The largest absolute Gasteiger partial charge is 0.456 e. The van der Waals surface area contributed by atoms with Gasteiger partial charge in [0.2, 0.25) is 11.8 Å². The van der Waals surface area contributed by atoms with E-state index in [1.807, 2.05) is 12.2 Å². The Hall–Kier alpha value is -2.09. The Morgan fingerprint density at radius 2 is 1.59 bits per heavy atom. The number of fused-ring (bicyclic) bond motifs is 1. The lowest BCUT2D eigenvalue weighted by Gasteiger charge is -2.14. The lowest BCUT2D eigenvalue weighted by molar-refractivity contribution is -0.148. The van der Waals surface area contributed by atoms with Gasteiger partial charge in [-0.2, -0.15) is 0 Å². The van der Waals surface area contributed by atoms with Crippen molar-refractivity contribution >= 4 is 64.2 Å². The Morgan fingerprint density at radius 3 is 2.14 bits per heavy atom. The number of hydrogen-bond acceptors (Lipinski definition) is 5. The van der Waals surface area contributed by atoms with Gasteiger partial charge in [0.15, 0.2) is 6.61 Å². The van der Waals surface area contributed by atoms with Gasteiger partial charge in [-0.1, -0.05) is 47.0 Å². The van der Waals surface area contributed by atoms with Crippen molar-refractivity contribution in [3.8, 4) is 0 Å². The summed E-state index contributed by atoms with van der Waals surface area (Å²) in [6, 6.07) is 2.82. The Morgan fingerprint density at radius 1 is 1.03 bits per heavy atom. The van der Waals surface area contributed by atoms with Crippen LogP contribution in [0, 0.1) is 11.8 Å². The van der Waals surface area contributed by atoms with Crippen LogP contribution in [0.5, 0.6) is 0 Å². The summed E-state index contributed by atoms with van der Waals surface area (Å²) >= 11 is 17.8. The molecule has 10 heteroatoms. The summed E-state index contributed by atoms with van der Waals surface area (Å²) in [6.45, 7) is -0.634. The molecule has 2 atom stereocenters. The van der Waals surface area contributed by atoms with Crippen molar-refractivity contribution in [3.63, 3.8) is 0 Å². The molecule has 1 aromatic carbocycles. The van der Waals surface area contributed by atoms with E-state index < -0.39 is 18.5 Å². The van der Waals surface area contributed by atoms with Crippen LogP contribution in [0.3, 0.4) is 0 Å². The number of carbonyl (C=O) groups excluding carboxylic acids is 4. The van der Waals surface area contributed by atoms with Crippen LogP contribution in [0.15, 0.2) is 24.3 Å². The molecule has 1 aliphatic heterocycles. The summed E-state index contributed by atoms with van der Waals surface area (Å²) in [4.78, 5) is 49.7. The van der Waals surface area contributed by atoms with Crippen LogP contribution in [0.25, 0.3) is 0 Å². The minimum absolute atomic E-state index is 0.0695. The molecule has 0 saturated carbocycles. The molecule has 0 unspecified atom stereocenters. The first kappa shape index (κ1) is 21.6. The molecule has 1 fully saturated rings. The van der Waals surface area contributed by atoms with Crippen molar-refractivity contribution in [2.45, 2.75) is 19.3 Å². The molecule has 1 saturated heterocycles. The average molecular weight is 460 g/mol. The minimum atomic E-state index is -0.706. The van der Waals surface area contributed by atoms with Gasteiger partial charge in [-0.05, 0) is 25.0 Å². The van der Waals surface area contributed by atoms with Gasteiger partial charge in [-0.3, -0.25) is 24.1 Å². The van der Waals surface area contributed by atoms with Crippen molar-refractivity contribution in [1.29, 1.82) is 0 Å². The predicted molar refractivity (Wildman–Crippen MR) is 108 cm³/mol. The number of halogens is 3. The second kappa shape index (κ2) is 9.15. The zero-order chi connectivity index (χ0) is 21.1. The maximum absolute atomic E-state index is 12.3. The second-order valence-electron chi connectivity index (χ2n) is 6.69. The molecule has 1 aromatic rings. The van der Waals surface area contributed by atoms with Crippen molar-refractivity contribution in [2.24, 2.45) is 11.8 Å². The predicted octanol–water partition coefficient (Wildman–Crippen LogP) is 3.47. The van der Waals surface area contributed by atoms with Gasteiger partial charge in [0.1, 0.15) is 0 Å². The van der Waals surface area contributed by atoms with E-state index in [4.69, 9.17) is 39.5 Å². The molecule has 3 rings (SSSR count). The number of allylic oxidation sites excluding steroid dienone is 2. The Balaban J connectivity index is 1.46. The zero-order valence-corrected chi connectivity index (χ0v) is 17.4. The van der Waals surface area contributed by atoms with Gasteiger partial charge in [0.25, 0.3) is 5.91 Å². The van der Waals surface area contributed by atoms with Gasteiger partial charge >= 0.3 is 5.97 Å². The first-order chi connectivity index (χ1) is 13.8. The highest BCUT2D eigenvalue weighted by atomic mass is 35.5. The lowest BCUT2D eigenvalue weighted by Crippen LogP contribution is -2.33. The van der Waals surface area contributed by atoms with E-state index in [1.54, 1.807) is 0 Å². The maximum atomic E-state index is 12.3. The van der Waals surface area contributed by atoms with Crippen molar-refractivity contribution in [2.75, 3.05) is 18.5 Å². The molecule has 3 amide bonds. The number of benzene rings is 1. The number of nitrogens with one attached hydrogen (secondary N) is 1. The molecule has 0 bridgehead atoms. The third kappa shape index (κ3) is 4.91. The molecular formula is C19H17Cl3N2O5. The van der Waals surface area contributed by atoms with Crippen molar-refractivity contribution in [3.05, 3.63) is 39.4 Å². The van der Waals surface area contributed by atoms with Crippen LogP contribution in [-0.2, 0) is 23.9 Å². The average Bonchev–Trinajstić information content (AvgIpc) is 2.92. The number of esters is 1. The van der Waals surface area contributed by atoms with Crippen LogP contribution in [0.1, 0.15) is 19.3 Å². The lowest BCUT2D eigenvalue weighted by atomic mass is 9.85. The molecule has 1 N–H and O–H groups in total. The van der Waals surface area contributed by atoms with Gasteiger partial charge in [0, 0.05) is 11.6 Å². The molecule has 29 heavy (non-hydrogen) atoms. The van der Waals surface area contributed by atoms with Crippen molar-refractivity contribution < 1.29 is 23.9 Å².